The van der Waals surface area contributed by atoms with Crippen LogP contribution in [-0.4, -0.2) is 15.8 Å². The van der Waals surface area contributed by atoms with E-state index >= 15 is 0 Å². The molecule has 1 aromatic heterocycles. The second kappa shape index (κ2) is 3.93. The minimum absolute atomic E-state index is 0.127. The maximum atomic E-state index is 7.04. The van der Waals surface area contributed by atoms with Crippen LogP contribution in [0.3, 0.4) is 0 Å². The zero-order valence-corrected chi connectivity index (χ0v) is 10.3. The number of hydrogen-bond donors (Lipinski definition) is 0. The highest BCUT2D eigenvalue weighted by atomic mass is 15.3. The molecule has 0 atom stereocenters. The lowest BCUT2D eigenvalue weighted by molar-refractivity contribution is 0.109. The van der Waals surface area contributed by atoms with Crippen LogP contribution in [0.2, 0.25) is 0 Å². The van der Waals surface area contributed by atoms with E-state index in [-0.39, 0.29) is 11.6 Å². The van der Waals surface area contributed by atoms with Gasteiger partial charge in [0, 0.05) is 19.0 Å². The third-order valence-electron chi connectivity index (χ3n) is 3.83. The average Bonchev–Trinajstić information content (AvgIpc) is 2.67. The number of rotatable bonds is 3. The van der Waals surface area contributed by atoms with Crippen LogP contribution in [0.4, 0.5) is 0 Å². The van der Waals surface area contributed by atoms with Crippen LogP contribution < -0.4 is 0 Å². The molecule has 2 rings (SSSR count). The van der Waals surface area contributed by atoms with Gasteiger partial charge in [0.25, 0.3) is 0 Å². The normalized spacial score (nSPS) is 28.8. The molecule has 1 aliphatic rings. The summed E-state index contributed by atoms with van der Waals surface area (Å²) in [6.07, 6.45) is 7.12. The van der Waals surface area contributed by atoms with E-state index < -0.39 is 0 Å². The predicted molar refractivity (Wildman–Crippen MR) is 64.2 cm³/mol. The number of aromatic nitrogens is 2. The van der Waals surface area contributed by atoms with Crippen LogP contribution in [0.5, 0.6) is 0 Å². The molecule has 0 bridgehead atoms. The fraction of sp³-hybridized carbons (Fsp3) is 0.692. The monoisotopic (exact) mass is 217 g/mol. The maximum Gasteiger partial charge on any atom is 0.228 e. The highest BCUT2D eigenvalue weighted by Crippen LogP contribution is 2.43. The van der Waals surface area contributed by atoms with E-state index in [2.05, 4.69) is 41.6 Å². The lowest BCUT2D eigenvalue weighted by atomic mass is 9.71. The van der Waals surface area contributed by atoms with Gasteiger partial charge in [0.15, 0.2) is 0 Å². The molecule has 3 heteroatoms. The minimum Gasteiger partial charge on any atom is -0.313 e. The second-order valence-electron chi connectivity index (χ2n) is 5.14. The van der Waals surface area contributed by atoms with E-state index in [1.54, 1.807) is 0 Å². The van der Waals surface area contributed by atoms with Crippen molar-refractivity contribution in [2.45, 2.75) is 57.5 Å². The molecule has 3 nitrogen and oxygen atoms in total. The zero-order valence-electron chi connectivity index (χ0n) is 10.3. The predicted octanol–water partition coefficient (Wildman–Crippen LogP) is 3.19. The summed E-state index contributed by atoms with van der Waals surface area (Å²) in [5, 5.41) is 4.48. The SMILES string of the molecule is [C-]#[N+][C@H]1C[C@@](CC)(n2cc(C(C)C)cn2)C1. The van der Waals surface area contributed by atoms with Gasteiger partial charge in [-0.05, 0) is 17.9 Å². The Morgan fingerprint density at radius 3 is 2.75 bits per heavy atom. The second-order valence-corrected chi connectivity index (χ2v) is 5.14. The molecule has 0 aliphatic heterocycles. The van der Waals surface area contributed by atoms with Gasteiger partial charge in [-0.25, -0.2) is 6.57 Å². The number of hydrogen-bond acceptors (Lipinski definition) is 1. The summed E-state index contributed by atoms with van der Waals surface area (Å²) < 4.78 is 2.10. The van der Waals surface area contributed by atoms with Crippen LogP contribution in [0, 0.1) is 6.57 Å². The molecule has 16 heavy (non-hydrogen) atoms. The van der Waals surface area contributed by atoms with Gasteiger partial charge in [0.05, 0.1) is 11.7 Å². The summed E-state index contributed by atoms with van der Waals surface area (Å²) in [7, 11) is 0. The molecular weight excluding hydrogens is 198 g/mol. The van der Waals surface area contributed by atoms with E-state index in [1.165, 1.54) is 5.56 Å². The Bertz CT molecular complexity index is 405. The molecule has 1 aromatic rings. The van der Waals surface area contributed by atoms with E-state index in [0.717, 1.165) is 19.3 Å². The summed E-state index contributed by atoms with van der Waals surface area (Å²) in [5.74, 6) is 0.527. The number of nitrogens with zero attached hydrogens (tertiary/aromatic N) is 3. The average molecular weight is 217 g/mol. The highest BCUT2D eigenvalue weighted by molar-refractivity contribution is 5.14. The first-order valence-electron chi connectivity index (χ1n) is 6.03. The fourth-order valence-electron chi connectivity index (χ4n) is 2.44. The maximum absolute atomic E-state index is 7.04. The van der Waals surface area contributed by atoms with Crippen molar-refractivity contribution in [2.24, 2.45) is 0 Å². The third kappa shape index (κ3) is 1.63. The van der Waals surface area contributed by atoms with E-state index in [1.807, 2.05) is 6.20 Å². The molecule has 1 aliphatic carbocycles. The molecule has 0 radical (unpaired) electrons. The molecule has 0 aromatic carbocycles. The lowest BCUT2D eigenvalue weighted by Gasteiger charge is -2.41. The van der Waals surface area contributed by atoms with Crippen LogP contribution in [0.1, 0.15) is 51.5 Å². The first kappa shape index (κ1) is 11.2. The first-order chi connectivity index (χ1) is 7.61. The Balaban J connectivity index is 2.19. The van der Waals surface area contributed by atoms with Crippen molar-refractivity contribution in [3.05, 3.63) is 29.4 Å². The van der Waals surface area contributed by atoms with Gasteiger partial charge in [-0.1, -0.05) is 20.8 Å². The van der Waals surface area contributed by atoms with Gasteiger partial charge in [-0.2, -0.15) is 5.10 Å². The summed E-state index contributed by atoms with van der Waals surface area (Å²) in [6, 6.07) is 0.214. The van der Waals surface area contributed by atoms with Gasteiger partial charge in [0.2, 0.25) is 6.04 Å². The largest absolute Gasteiger partial charge is 0.313 e. The molecule has 0 amide bonds. The molecule has 1 saturated carbocycles. The Kier molecular flexibility index (Phi) is 2.75. The van der Waals surface area contributed by atoms with Crippen molar-refractivity contribution < 1.29 is 0 Å². The van der Waals surface area contributed by atoms with Crippen molar-refractivity contribution in [2.75, 3.05) is 0 Å². The molecule has 1 fully saturated rings. The molecule has 1 heterocycles. The smallest absolute Gasteiger partial charge is 0.228 e. The van der Waals surface area contributed by atoms with Crippen molar-refractivity contribution >= 4 is 0 Å². The standard InChI is InChI=1S/C13H19N3/c1-5-13(6-12(7-13)14-4)16-9-11(8-15-16)10(2)3/h8-10,12H,5-7H2,1-3H3/t12-,13+. The lowest BCUT2D eigenvalue weighted by Crippen LogP contribution is -2.47. The summed E-state index contributed by atoms with van der Waals surface area (Å²) in [5.41, 5.74) is 1.42. The van der Waals surface area contributed by atoms with E-state index in [0.29, 0.717) is 5.92 Å². The van der Waals surface area contributed by atoms with Crippen molar-refractivity contribution in [1.82, 2.24) is 9.78 Å². The van der Waals surface area contributed by atoms with Gasteiger partial charge in [-0.15, -0.1) is 0 Å². The van der Waals surface area contributed by atoms with Crippen LogP contribution in [0.25, 0.3) is 4.85 Å². The van der Waals surface area contributed by atoms with Gasteiger partial charge < -0.3 is 4.85 Å². The first-order valence-corrected chi connectivity index (χ1v) is 6.03. The molecule has 0 spiro atoms. The zero-order chi connectivity index (χ0) is 11.8. The Hall–Kier alpha value is -1.30. The van der Waals surface area contributed by atoms with Crippen molar-refractivity contribution in [3.8, 4) is 0 Å². The van der Waals surface area contributed by atoms with Crippen molar-refractivity contribution in [3.63, 3.8) is 0 Å². The fourth-order valence-corrected chi connectivity index (χ4v) is 2.44. The Labute approximate surface area is 97.3 Å². The van der Waals surface area contributed by atoms with Crippen LogP contribution >= 0.6 is 0 Å². The third-order valence-corrected chi connectivity index (χ3v) is 3.83. The quantitative estimate of drug-likeness (QED) is 0.713. The van der Waals surface area contributed by atoms with E-state index in [4.69, 9.17) is 6.57 Å². The topological polar surface area (TPSA) is 22.2 Å². The molecule has 0 unspecified atom stereocenters. The molecule has 86 valence electrons. The van der Waals surface area contributed by atoms with Gasteiger partial charge in [0.1, 0.15) is 0 Å². The van der Waals surface area contributed by atoms with E-state index in [9.17, 15) is 0 Å². The molecule has 0 N–H and O–H groups in total. The summed E-state index contributed by atoms with van der Waals surface area (Å²) >= 11 is 0. The molecular formula is C13H19N3. The van der Waals surface area contributed by atoms with Gasteiger partial charge in [-0.3, -0.25) is 4.68 Å². The Morgan fingerprint density at radius 2 is 2.31 bits per heavy atom. The van der Waals surface area contributed by atoms with Crippen LogP contribution in [-0.2, 0) is 5.54 Å². The minimum atomic E-state index is 0.127. The van der Waals surface area contributed by atoms with Crippen LogP contribution in [0.15, 0.2) is 12.4 Å². The van der Waals surface area contributed by atoms with Crippen molar-refractivity contribution in [1.29, 1.82) is 0 Å². The molecule has 0 saturated heterocycles. The highest BCUT2D eigenvalue weighted by Gasteiger charge is 2.49. The summed E-state index contributed by atoms with van der Waals surface area (Å²) in [6.45, 7) is 13.6. The Morgan fingerprint density at radius 1 is 1.62 bits per heavy atom. The summed E-state index contributed by atoms with van der Waals surface area (Å²) in [4.78, 5) is 3.61. The van der Waals surface area contributed by atoms with Gasteiger partial charge >= 0.3 is 0 Å².